The molecule has 0 aliphatic rings. The fourth-order valence-electron chi connectivity index (χ4n) is 4.92. The standard InChI is InChI=1S/C34H30N4O2/c1-38-33-29(35)19-17-27(21-24-11-5-2-6-12-24)31(33)32(37-38)28-18-20-30(39-22-25-13-7-3-8-14-25)36-34(28)40-23-26-15-9-4-10-16-26/h2-20H,21-23,35H2,1H3. The minimum atomic E-state index is 0.368. The molecule has 2 heterocycles. The van der Waals surface area contributed by atoms with Crippen LogP contribution in [0.3, 0.4) is 0 Å². The smallest absolute Gasteiger partial charge is 0.226 e. The van der Waals surface area contributed by atoms with E-state index in [2.05, 4.69) is 30.3 Å². The molecule has 0 saturated carbocycles. The Hall–Kier alpha value is -5.10. The monoisotopic (exact) mass is 526 g/mol. The second-order valence-electron chi connectivity index (χ2n) is 9.72. The topological polar surface area (TPSA) is 75.2 Å². The van der Waals surface area contributed by atoms with Crippen LogP contribution in [0.1, 0.15) is 22.3 Å². The summed E-state index contributed by atoms with van der Waals surface area (Å²) in [5.41, 5.74) is 14.1. The lowest BCUT2D eigenvalue weighted by Gasteiger charge is -2.13. The van der Waals surface area contributed by atoms with E-state index in [4.69, 9.17) is 25.3 Å². The molecule has 0 aliphatic carbocycles. The highest BCUT2D eigenvalue weighted by Gasteiger charge is 2.21. The molecule has 4 aromatic carbocycles. The number of ether oxygens (including phenoxy) is 2. The molecule has 2 N–H and O–H groups in total. The van der Waals surface area contributed by atoms with Crippen LogP contribution in [0.25, 0.3) is 22.2 Å². The average molecular weight is 527 g/mol. The number of fused-ring (bicyclic) bond motifs is 1. The summed E-state index contributed by atoms with van der Waals surface area (Å²) in [6.07, 6.45) is 0.752. The van der Waals surface area contributed by atoms with Crippen LogP contribution in [0, 0.1) is 0 Å². The Labute approximate surface area is 233 Å². The van der Waals surface area contributed by atoms with E-state index in [1.807, 2.05) is 96.7 Å². The van der Waals surface area contributed by atoms with Crippen molar-refractivity contribution in [1.82, 2.24) is 14.8 Å². The van der Waals surface area contributed by atoms with Gasteiger partial charge in [-0.2, -0.15) is 10.1 Å². The Morgan fingerprint density at radius 2 is 1.27 bits per heavy atom. The maximum absolute atomic E-state index is 6.47. The van der Waals surface area contributed by atoms with E-state index in [-0.39, 0.29) is 0 Å². The van der Waals surface area contributed by atoms with Crippen LogP contribution in [0.4, 0.5) is 5.69 Å². The summed E-state index contributed by atoms with van der Waals surface area (Å²) in [5, 5.41) is 5.93. The molecule has 6 rings (SSSR count). The molecule has 0 bridgehead atoms. The van der Waals surface area contributed by atoms with Crippen molar-refractivity contribution in [2.24, 2.45) is 7.05 Å². The summed E-state index contributed by atoms with van der Waals surface area (Å²) < 4.78 is 14.2. The normalized spacial score (nSPS) is 11.0. The van der Waals surface area contributed by atoms with Crippen molar-refractivity contribution in [3.63, 3.8) is 0 Å². The third-order valence-corrected chi connectivity index (χ3v) is 6.88. The molecule has 6 aromatic rings. The second-order valence-corrected chi connectivity index (χ2v) is 9.72. The molecule has 2 aromatic heterocycles. The predicted molar refractivity (Wildman–Crippen MR) is 159 cm³/mol. The lowest BCUT2D eigenvalue weighted by atomic mass is 9.97. The van der Waals surface area contributed by atoms with Gasteiger partial charge in [-0.3, -0.25) is 4.68 Å². The van der Waals surface area contributed by atoms with Crippen LogP contribution >= 0.6 is 0 Å². The van der Waals surface area contributed by atoms with Crippen LogP contribution < -0.4 is 15.2 Å². The Balaban J connectivity index is 1.43. The summed E-state index contributed by atoms with van der Waals surface area (Å²) >= 11 is 0. The number of pyridine rings is 1. The van der Waals surface area contributed by atoms with E-state index in [1.165, 1.54) is 5.56 Å². The van der Waals surface area contributed by atoms with Gasteiger partial charge in [0.2, 0.25) is 11.8 Å². The molecule has 6 nitrogen and oxygen atoms in total. The summed E-state index contributed by atoms with van der Waals surface area (Å²) in [5.74, 6) is 0.947. The van der Waals surface area contributed by atoms with Gasteiger partial charge in [0.05, 0.1) is 16.8 Å². The highest BCUT2D eigenvalue weighted by molar-refractivity contribution is 6.02. The summed E-state index contributed by atoms with van der Waals surface area (Å²) in [4.78, 5) is 4.81. The second kappa shape index (κ2) is 11.3. The molecule has 0 fully saturated rings. The van der Waals surface area contributed by atoms with Crippen molar-refractivity contribution < 1.29 is 9.47 Å². The van der Waals surface area contributed by atoms with E-state index >= 15 is 0 Å². The number of aromatic nitrogens is 3. The maximum atomic E-state index is 6.47. The third-order valence-electron chi connectivity index (χ3n) is 6.88. The van der Waals surface area contributed by atoms with Gasteiger partial charge in [-0.15, -0.1) is 0 Å². The van der Waals surface area contributed by atoms with Crippen molar-refractivity contribution in [2.45, 2.75) is 19.6 Å². The number of nitrogens with two attached hydrogens (primary N) is 1. The van der Waals surface area contributed by atoms with E-state index in [1.54, 1.807) is 0 Å². The van der Waals surface area contributed by atoms with Crippen molar-refractivity contribution in [3.8, 4) is 23.0 Å². The lowest BCUT2D eigenvalue weighted by molar-refractivity contribution is 0.268. The number of nitrogen functional groups attached to an aromatic ring is 1. The Bertz CT molecular complexity index is 1730. The number of anilines is 1. The Kier molecular flexibility index (Phi) is 7.14. The molecule has 0 saturated heterocycles. The van der Waals surface area contributed by atoms with Gasteiger partial charge in [-0.05, 0) is 40.8 Å². The van der Waals surface area contributed by atoms with Crippen LogP contribution in [0.15, 0.2) is 115 Å². The molecule has 0 unspecified atom stereocenters. The highest BCUT2D eigenvalue weighted by atomic mass is 16.5. The van der Waals surface area contributed by atoms with E-state index in [0.29, 0.717) is 30.7 Å². The Morgan fingerprint density at radius 1 is 0.675 bits per heavy atom. The molecular formula is C34H30N4O2. The maximum Gasteiger partial charge on any atom is 0.226 e. The van der Waals surface area contributed by atoms with Crippen molar-refractivity contribution in [3.05, 3.63) is 138 Å². The van der Waals surface area contributed by atoms with Gasteiger partial charge in [-0.1, -0.05) is 97.1 Å². The molecule has 0 radical (unpaired) electrons. The average Bonchev–Trinajstić information content (AvgIpc) is 3.36. The molecule has 0 amide bonds. The summed E-state index contributed by atoms with van der Waals surface area (Å²) in [6, 6.07) is 38.4. The zero-order valence-corrected chi connectivity index (χ0v) is 22.3. The van der Waals surface area contributed by atoms with Gasteiger partial charge in [-0.25, -0.2) is 0 Å². The van der Waals surface area contributed by atoms with Gasteiger partial charge < -0.3 is 15.2 Å². The number of nitrogens with zero attached hydrogens (tertiary/aromatic N) is 3. The summed E-state index contributed by atoms with van der Waals surface area (Å²) in [7, 11) is 1.92. The van der Waals surface area contributed by atoms with Crippen molar-refractivity contribution in [2.75, 3.05) is 5.73 Å². The first-order chi connectivity index (χ1) is 19.7. The number of benzene rings is 4. The van der Waals surface area contributed by atoms with Gasteiger partial charge >= 0.3 is 0 Å². The van der Waals surface area contributed by atoms with Gasteiger partial charge in [0.1, 0.15) is 18.9 Å². The number of hydrogen-bond acceptors (Lipinski definition) is 5. The molecule has 6 heteroatoms. The number of rotatable bonds is 9. The fourth-order valence-corrected chi connectivity index (χ4v) is 4.92. The summed E-state index contributed by atoms with van der Waals surface area (Å²) in [6.45, 7) is 0.780. The molecule has 198 valence electrons. The van der Waals surface area contributed by atoms with E-state index in [0.717, 1.165) is 45.3 Å². The SMILES string of the molecule is Cn1nc(-c2ccc(OCc3ccccc3)nc2OCc2ccccc2)c2c(Cc3ccccc3)ccc(N)c21. The molecule has 0 spiro atoms. The molecular weight excluding hydrogens is 496 g/mol. The van der Waals surface area contributed by atoms with E-state index < -0.39 is 0 Å². The van der Waals surface area contributed by atoms with E-state index in [9.17, 15) is 0 Å². The highest BCUT2D eigenvalue weighted by Crippen LogP contribution is 2.39. The van der Waals surface area contributed by atoms with Crippen LogP contribution in [0.2, 0.25) is 0 Å². The third kappa shape index (κ3) is 5.38. The first kappa shape index (κ1) is 25.2. The largest absolute Gasteiger partial charge is 0.473 e. The lowest BCUT2D eigenvalue weighted by Crippen LogP contribution is -2.03. The van der Waals surface area contributed by atoms with Crippen LogP contribution in [0.5, 0.6) is 11.8 Å². The van der Waals surface area contributed by atoms with Crippen LogP contribution in [-0.4, -0.2) is 14.8 Å². The van der Waals surface area contributed by atoms with Crippen molar-refractivity contribution >= 4 is 16.6 Å². The van der Waals surface area contributed by atoms with Crippen LogP contribution in [-0.2, 0) is 26.7 Å². The zero-order valence-electron chi connectivity index (χ0n) is 22.3. The minimum Gasteiger partial charge on any atom is -0.473 e. The number of aryl methyl sites for hydroxylation is 1. The number of hydrogen-bond donors (Lipinski definition) is 1. The molecule has 40 heavy (non-hydrogen) atoms. The fraction of sp³-hybridized carbons (Fsp3) is 0.118. The quantitative estimate of drug-likeness (QED) is 0.206. The van der Waals surface area contributed by atoms with Gasteiger partial charge in [0, 0.05) is 18.5 Å². The first-order valence-corrected chi connectivity index (χ1v) is 13.3. The van der Waals surface area contributed by atoms with Gasteiger partial charge in [0.15, 0.2) is 0 Å². The molecule has 0 atom stereocenters. The van der Waals surface area contributed by atoms with Crippen molar-refractivity contribution in [1.29, 1.82) is 0 Å². The van der Waals surface area contributed by atoms with Gasteiger partial charge in [0.25, 0.3) is 0 Å². The Morgan fingerprint density at radius 3 is 1.93 bits per heavy atom. The first-order valence-electron chi connectivity index (χ1n) is 13.3. The zero-order chi connectivity index (χ0) is 27.3. The molecule has 0 aliphatic heterocycles. The predicted octanol–water partition coefficient (Wildman–Crippen LogP) is 6.97. The minimum absolute atomic E-state index is 0.368.